The van der Waals surface area contributed by atoms with Gasteiger partial charge in [0.05, 0.1) is 23.2 Å². The quantitative estimate of drug-likeness (QED) is 0.457. The first-order chi connectivity index (χ1) is 11.5. The summed E-state index contributed by atoms with van der Waals surface area (Å²) in [6.45, 7) is -2.64. The summed E-state index contributed by atoms with van der Waals surface area (Å²) in [4.78, 5) is 44.3. The molecule has 0 aromatic heterocycles. The summed E-state index contributed by atoms with van der Waals surface area (Å²) in [5.41, 5.74) is -1.38. The Morgan fingerprint density at radius 1 is 1.16 bits per heavy atom. The largest absolute Gasteiger partial charge is 0.465 e. The molecule has 0 aliphatic carbocycles. The Kier molecular flexibility index (Phi) is 6.42. The summed E-state index contributed by atoms with van der Waals surface area (Å²) in [6.07, 6.45) is -4.63. The SMILES string of the molecule is COC(=O)c1cc(C(=O)OCC(=O)NCC(F)(F)F)cc([N+](=O)[O-])c1. The van der Waals surface area contributed by atoms with Crippen molar-refractivity contribution >= 4 is 23.5 Å². The van der Waals surface area contributed by atoms with Crippen molar-refractivity contribution in [1.82, 2.24) is 5.32 Å². The zero-order chi connectivity index (χ0) is 19.2. The van der Waals surface area contributed by atoms with Gasteiger partial charge in [0.1, 0.15) is 6.54 Å². The maximum atomic E-state index is 11.9. The topological polar surface area (TPSA) is 125 Å². The van der Waals surface area contributed by atoms with Gasteiger partial charge in [0.25, 0.3) is 11.6 Å². The number of ether oxygens (including phenoxy) is 2. The highest BCUT2D eigenvalue weighted by Gasteiger charge is 2.28. The summed E-state index contributed by atoms with van der Waals surface area (Å²) < 4.78 is 44.6. The predicted molar refractivity (Wildman–Crippen MR) is 73.8 cm³/mol. The van der Waals surface area contributed by atoms with E-state index in [-0.39, 0.29) is 5.56 Å². The minimum atomic E-state index is -4.63. The number of methoxy groups -OCH3 is 1. The number of nitro groups is 1. The van der Waals surface area contributed by atoms with Gasteiger partial charge in [0.2, 0.25) is 0 Å². The first-order valence-corrected chi connectivity index (χ1v) is 6.42. The Balaban J connectivity index is 2.83. The Labute approximate surface area is 137 Å². The normalized spacial score (nSPS) is 10.7. The number of alkyl halides is 3. The van der Waals surface area contributed by atoms with E-state index in [2.05, 4.69) is 9.47 Å². The minimum Gasteiger partial charge on any atom is -0.465 e. The molecule has 0 aliphatic heterocycles. The molecular formula is C13H11F3N2O7. The zero-order valence-corrected chi connectivity index (χ0v) is 12.6. The Bertz CT molecular complexity index is 703. The summed E-state index contributed by atoms with van der Waals surface area (Å²) in [5.74, 6) is -3.42. The molecule has 1 rings (SSSR count). The van der Waals surface area contributed by atoms with Gasteiger partial charge in [-0.1, -0.05) is 0 Å². The van der Waals surface area contributed by atoms with Gasteiger partial charge >= 0.3 is 18.1 Å². The van der Waals surface area contributed by atoms with E-state index in [1.54, 1.807) is 0 Å². The van der Waals surface area contributed by atoms with Crippen LogP contribution in [0.15, 0.2) is 18.2 Å². The number of amides is 1. The van der Waals surface area contributed by atoms with Crippen LogP contribution in [0.4, 0.5) is 18.9 Å². The average Bonchev–Trinajstić information content (AvgIpc) is 2.55. The van der Waals surface area contributed by atoms with E-state index in [9.17, 15) is 37.7 Å². The molecule has 1 aromatic carbocycles. The second kappa shape index (κ2) is 8.08. The molecule has 0 saturated carbocycles. The van der Waals surface area contributed by atoms with E-state index in [0.717, 1.165) is 25.3 Å². The number of nitrogens with zero attached hydrogens (tertiary/aromatic N) is 1. The van der Waals surface area contributed by atoms with Crippen LogP contribution < -0.4 is 5.32 Å². The van der Waals surface area contributed by atoms with Crippen LogP contribution in [-0.4, -0.2) is 49.2 Å². The monoisotopic (exact) mass is 364 g/mol. The van der Waals surface area contributed by atoms with E-state index >= 15 is 0 Å². The second-order valence-corrected chi connectivity index (χ2v) is 4.49. The van der Waals surface area contributed by atoms with Crippen LogP contribution in [-0.2, 0) is 14.3 Å². The summed E-state index contributed by atoms with van der Waals surface area (Å²) in [5, 5.41) is 12.3. The molecule has 0 unspecified atom stereocenters. The molecule has 1 N–H and O–H groups in total. The van der Waals surface area contributed by atoms with E-state index in [1.807, 2.05) is 0 Å². The molecule has 0 atom stereocenters. The van der Waals surface area contributed by atoms with Crippen molar-refractivity contribution in [2.75, 3.05) is 20.3 Å². The van der Waals surface area contributed by atoms with Crippen LogP contribution in [0.5, 0.6) is 0 Å². The van der Waals surface area contributed by atoms with Crippen LogP contribution in [0.2, 0.25) is 0 Å². The number of nitrogens with one attached hydrogen (secondary N) is 1. The van der Waals surface area contributed by atoms with Gasteiger partial charge in [-0.2, -0.15) is 13.2 Å². The highest BCUT2D eigenvalue weighted by Crippen LogP contribution is 2.19. The zero-order valence-electron chi connectivity index (χ0n) is 12.6. The Morgan fingerprint density at radius 2 is 1.72 bits per heavy atom. The highest BCUT2D eigenvalue weighted by atomic mass is 19.4. The van der Waals surface area contributed by atoms with Gasteiger partial charge in [-0.25, -0.2) is 9.59 Å². The van der Waals surface area contributed by atoms with E-state index in [4.69, 9.17) is 0 Å². The van der Waals surface area contributed by atoms with Crippen LogP contribution in [0.25, 0.3) is 0 Å². The van der Waals surface area contributed by atoms with E-state index < -0.39 is 53.3 Å². The molecule has 12 heteroatoms. The molecule has 0 radical (unpaired) electrons. The van der Waals surface area contributed by atoms with Gasteiger partial charge in [-0.3, -0.25) is 14.9 Å². The van der Waals surface area contributed by atoms with Crippen molar-refractivity contribution in [1.29, 1.82) is 0 Å². The fraction of sp³-hybridized carbons (Fsp3) is 0.308. The summed E-state index contributed by atoms with van der Waals surface area (Å²) in [6, 6.07) is 2.57. The number of hydrogen-bond acceptors (Lipinski definition) is 7. The number of halogens is 3. The van der Waals surface area contributed by atoms with Crippen LogP contribution >= 0.6 is 0 Å². The third-order valence-electron chi connectivity index (χ3n) is 2.61. The third-order valence-corrected chi connectivity index (χ3v) is 2.61. The van der Waals surface area contributed by atoms with Gasteiger partial charge in [0, 0.05) is 12.1 Å². The fourth-order valence-corrected chi connectivity index (χ4v) is 1.53. The van der Waals surface area contributed by atoms with E-state index in [1.165, 1.54) is 5.32 Å². The van der Waals surface area contributed by atoms with Crippen molar-refractivity contribution in [3.63, 3.8) is 0 Å². The van der Waals surface area contributed by atoms with Crippen molar-refractivity contribution in [2.45, 2.75) is 6.18 Å². The molecule has 0 saturated heterocycles. The van der Waals surface area contributed by atoms with Crippen LogP contribution in [0.1, 0.15) is 20.7 Å². The number of carbonyl (C=O) groups excluding carboxylic acids is 3. The number of carbonyl (C=O) groups is 3. The average molecular weight is 364 g/mol. The lowest BCUT2D eigenvalue weighted by molar-refractivity contribution is -0.384. The standard InChI is InChI=1S/C13H11F3N2O7/c1-24-11(20)7-2-8(4-9(3-7)18(22)23)12(21)25-5-10(19)17-6-13(14,15)16/h2-4H,5-6H2,1H3,(H,17,19). The van der Waals surface area contributed by atoms with Crippen molar-refractivity contribution in [3.8, 4) is 0 Å². The molecule has 136 valence electrons. The van der Waals surface area contributed by atoms with Crippen molar-refractivity contribution < 1.29 is 42.0 Å². The molecule has 0 bridgehead atoms. The van der Waals surface area contributed by atoms with Crippen LogP contribution in [0.3, 0.4) is 0 Å². The molecular weight excluding hydrogens is 353 g/mol. The molecule has 0 spiro atoms. The van der Waals surface area contributed by atoms with Crippen LogP contribution in [0, 0.1) is 10.1 Å². The summed E-state index contributed by atoms with van der Waals surface area (Å²) >= 11 is 0. The number of benzene rings is 1. The lowest BCUT2D eigenvalue weighted by Gasteiger charge is -2.09. The maximum absolute atomic E-state index is 11.9. The maximum Gasteiger partial charge on any atom is 0.405 e. The molecule has 0 heterocycles. The van der Waals surface area contributed by atoms with E-state index in [0.29, 0.717) is 0 Å². The molecule has 1 aromatic rings. The smallest absolute Gasteiger partial charge is 0.405 e. The minimum absolute atomic E-state index is 0.315. The number of esters is 2. The first-order valence-electron chi connectivity index (χ1n) is 6.42. The number of hydrogen-bond donors (Lipinski definition) is 1. The summed E-state index contributed by atoms with van der Waals surface area (Å²) in [7, 11) is 1.02. The predicted octanol–water partition coefficient (Wildman–Crippen LogP) is 1.22. The highest BCUT2D eigenvalue weighted by molar-refractivity contribution is 5.97. The number of non-ortho nitro benzene ring substituents is 1. The molecule has 0 aliphatic rings. The van der Waals surface area contributed by atoms with Crippen molar-refractivity contribution in [3.05, 3.63) is 39.4 Å². The Hall–Kier alpha value is -3.18. The van der Waals surface area contributed by atoms with Gasteiger partial charge in [-0.05, 0) is 6.07 Å². The second-order valence-electron chi connectivity index (χ2n) is 4.49. The number of nitro benzene ring substituents is 1. The first kappa shape index (κ1) is 19.9. The molecule has 1 amide bonds. The Morgan fingerprint density at radius 3 is 2.20 bits per heavy atom. The number of rotatable bonds is 6. The molecule has 25 heavy (non-hydrogen) atoms. The van der Waals surface area contributed by atoms with Crippen molar-refractivity contribution in [2.24, 2.45) is 0 Å². The van der Waals surface area contributed by atoms with Gasteiger partial charge < -0.3 is 14.8 Å². The van der Waals surface area contributed by atoms with Gasteiger partial charge in [-0.15, -0.1) is 0 Å². The molecule has 9 nitrogen and oxygen atoms in total. The molecule has 0 fully saturated rings. The lowest BCUT2D eigenvalue weighted by atomic mass is 10.1. The van der Waals surface area contributed by atoms with Gasteiger partial charge in [0.15, 0.2) is 6.61 Å². The fourth-order valence-electron chi connectivity index (χ4n) is 1.53. The third kappa shape index (κ3) is 6.45. The lowest BCUT2D eigenvalue weighted by Crippen LogP contribution is -2.36.